The molecule has 2 aromatic carbocycles. The predicted octanol–water partition coefficient (Wildman–Crippen LogP) is 5.90. The Morgan fingerprint density at radius 1 is 0.943 bits per heavy atom. The highest BCUT2D eigenvalue weighted by molar-refractivity contribution is 5.90. The normalized spacial score (nSPS) is 19.9. The SMILES string of the molecule is CC(C)(C)OC(=O)[N@+](C(=O)OCc1ccccc1)([C@@H](CCc1ccc2c(c1)C(C)(C)[N+](=O)C2(C)C)C(=O)O)[C@@H](CCCCN)C(=O)N1CCCC1CO. The number of rotatable bonds is 14. The minimum absolute atomic E-state index is 0.0738. The van der Waals surface area contributed by atoms with Gasteiger partial charge in [-0.1, -0.05) is 46.9 Å². The molecule has 1 unspecified atom stereocenters. The number of nitrogens with zero attached hydrogens (tertiary/aromatic N) is 3. The van der Waals surface area contributed by atoms with Crippen LogP contribution in [0, 0.1) is 4.91 Å². The highest BCUT2D eigenvalue weighted by Gasteiger charge is 2.66. The smallest absolute Gasteiger partial charge is 0.477 e. The van der Waals surface area contributed by atoms with Crippen LogP contribution < -0.4 is 5.73 Å². The Hall–Kier alpha value is -4.20. The standard InChI is InChI=1S/C40H57N4O9/c1-38(2,3)53-37(50)44(36(49)52-26-28-14-9-8-10-15-28,32(17-11-12-22-41)34(46)42-23-13-16-29(42)25-45)33(35(47)48)21-19-27-18-20-30-31(24-27)40(6,7)43(51)39(30,4)5/h8-10,14-15,18,20,24,29,32-33,45H,11-13,16-17,19,21-23,25-26,41H2,1-7H3/q+1/p+1/t29?,32-,33-,44-/m0/s1. The zero-order valence-electron chi connectivity index (χ0n) is 32.3. The van der Waals surface area contributed by atoms with Crippen molar-refractivity contribution in [1.29, 1.82) is 0 Å². The van der Waals surface area contributed by atoms with E-state index in [0.717, 1.165) is 15.9 Å². The molecule has 2 aliphatic rings. The van der Waals surface area contributed by atoms with Crippen LogP contribution in [-0.4, -0.2) is 91.8 Å². The van der Waals surface area contributed by atoms with Crippen molar-refractivity contribution in [2.45, 2.75) is 135 Å². The van der Waals surface area contributed by atoms with Crippen LogP contribution in [0.1, 0.15) is 109 Å². The van der Waals surface area contributed by atoms with Gasteiger partial charge in [-0.05, 0) is 76.6 Å². The molecule has 0 saturated carbocycles. The number of carboxylic acids is 1. The van der Waals surface area contributed by atoms with Gasteiger partial charge >= 0.3 is 18.2 Å². The van der Waals surface area contributed by atoms with Crippen LogP contribution in [0.4, 0.5) is 9.59 Å². The van der Waals surface area contributed by atoms with E-state index in [1.54, 1.807) is 51.1 Å². The Bertz CT molecular complexity index is 1670. The Labute approximate surface area is 312 Å². The molecule has 13 nitrogen and oxygen atoms in total. The molecule has 290 valence electrons. The molecular formula is C40H58N4O9+2. The third-order valence-electron chi connectivity index (χ3n) is 10.7. The maximum Gasteiger partial charge on any atom is 0.528 e. The fraction of sp³-hybridized carbons (Fsp3) is 0.600. The number of fused-ring (bicyclic) bond motifs is 1. The van der Waals surface area contributed by atoms with Crippen LogP contribution in [0.25, 0.3) is 0 Å². The average Bonchev–Trinajstić information content (AvgIpc) is 3.63. The van der Waals surface area contributed by atoms with Gasteiger partial charge in [0.05, 0.1) is 12.6 Å². The quantitative estimate of drug-likeness (QED) is 0.120. The van der Waals surface area contributed by atoms with Gasteiger partial charge in [0.25, 0.3) is 5.91 Å². The fourth-order valence-corrected chi connectivity index (χ4v) is 7.96. The number of nitroso groups, excluding NO2 is 1. The number of imide groups is 1. The molecule has 4 atom stereocenters. The average molecular weight is 739 g/mol. The molecule has 13 heteroatoms. The highest BCUT2D eigenvalue weighted by atomic mass is 16.6. The third-order valence-corrected chi connectivity index (χ3v) is 10.7. The number of carbonyl (C=O) groups is 4. The maximum atomic E-state index is 14.9. The molecule has 0 bridgehead atoms. The van der Waals surface area contributed by atoms with Gasteiger partial charge in [0.1, 0.15) is 12.2 Å². The molecule has 0 aliphatic carbocycles. The number of likely N-dealkylation sites (tertiary alicyclic amines) is 1. The summed E-state index contributed by atoms with van der Waals surface area (Å²) in [4.78, 5) is 73.0. The molecule has 53 heavy (non-hydrogen) atoms. The lowest BCUT2D eigenvalue weighted by Gasteiger charge is -2.42. The number of hydrogen-bond acceptors (Lipinski definition) is 9. The van der Waals surface area contributed by atoms with Crippen LogP contribution in [-0.2, 0) is 43.2 Å². The first-order valence-electron chi connectivity index (χ1n) is 18.6. The van der Waals surface area contributed by atoms with Crippen molar-refractivity contribution in [1.82, 2.24) is 4.90 Å². The molecule has 1 saturated heterocycles. The summed E-state index contributed by atoms with van der Waals surface area (Å²) in [6, 6.07) is 10.4. The maximum absolute atomic E-state index is 14.9. The zero-order chi connectivity index (χ0) is 39.4. The van der Waals surface area contributed by atoms with E-state index in [1.807, 2.05) is 45.9 Å². The van der Waals surface area contributed by atoms with E-state index in [4.69, 9.17) is 15.2 Å². The predicted molar refractivity (Wildman–Crippen MR) is 198 cm³/mol. The van der Waals surface area contributed by atoms with Crippen molar-refractivity contribution in [3.8, 4) is 0 Å². The van der Waals surface area contributed by atoms with Crippen molar-refractivity contribution in [3.05, 3.63) is 75.7 Å². The molecule has 4 N–H and O–H groups in total. The zero-order valence-corrected chi connectivity index (χ0v) is 32.3. The molecule has 0 aromatic heterocycles. The first-order chi connectivity index (χ1) is 24.8. The third kappa shape index (κ3) is 8.47. The lowest BCUT2D eigenvalue weighted by atomic mass is 9.88. The Morgan fingerprint density at radius 3 is 2.21 bits per heavy atom. The van der Waals surface area contributed by atoms with Gasteiger partial charge in [0.2, 0.25) is 17.1 Å². The summed E-state index contributed by atoms with van der Waals surface area (Å²) in [6.45, 7) is 12.1. The van der Waals surface area contributed by atoms with Gasteiger partial charge in [0.15, 0.2) is 6.04 Å². The second-order valence-electron chi connectivity index (χ2n) is 16.3. The number of aliphatic hydroxyl groups excluding tert-OH is 1. The number of unbranched alkanes of at least 4 members (excludes halogenated alkanes) is 1. The molecule has 2 aromatic rings. The number of quaternary nitrogens is 1. The summed E-state index contributed by atoms with van der Waals surface area (Å²) >= 11 is 0. The first-order valence-corrected chi connectivity index (χ1v) is 18.6. The highest BCUT2D eigenvalue weighted by Crippen LogP contribution is 2.46. The number of aliphatic carboxylic acids is 1. The lowest BCUT2D eigenvalue weighted by Crippen LogP contribution is -2.74. The first kappa shape index (κ1) is 41.6. The lowest BCUT2D eigenvalue weighted by molar-refractivity contribution is -0.822. The van der Waals surface area contributed by atoms with Crippen LogP contribution in [0.2, 0.25) is 0 Å². The van der Waals surface area contributed by atoms with Crippen LogP contribution >= 0.6 is 0 Å². The number of aryl methyl sites for hydroxylation is 1. The van der Waals surface area contributed by atoms with Crippen LogP contribution in [0.5, 0.6) is 0 Å². The van der Waals surface area contributed by atoms with E-state index in [-0.39, 0.29) is 45.6 Å². The number of carbonyl (C=O) groups excluding carboxylic acids is 3. The van der Waals surface area contributed by atoms with Crippen molar-refractivity contribution in [3.63, 3.8) is 0 Å². The number of ether oxygens (including phenoxy) is 2. The largest absolute Gasteiger partial charge is 0.528 e. The van der Waals surface area contributed by atoms with Crippen molar-refractivity contribution < 1.29 is 48.1 Å². The van der Waals surface area contributed by atoms with Gasteiger partial charge < -0.3 is 30.3 Å². The summed E-state index contributed by atoms with van der Waals surface area (Å²) in [7, 11) is 0. The minimum Gasteiger partial charge on any atom is -0.477 e. The van der Waals surface area contributed by atoms with Crippen molar-refractivity contribution in [2.75, 3.05) is 19.7 Å². The monoisotopic (exact) mass is 738 g/mol. The molecule has 2 heterocycles. The molecule has 0 spiro atoms. The molecule has 3 amide bonds. The van der Waals surface area contributed by atoms with E-state index in [1.165, 1.54) is 4.90 Å². The Kier molecular flexibility index (Phi) is 12.9. The second-order valence-corrected chi connectivity index (χ2v) is 16.3. The van der Waals surface area contributed by atoms with Gasteiger partial charge in [-0.15, -0.1) is 0 Å². The molecule has 4 rings (SSSR count). The van der Waals surface area contributed by atoms with Gasteiger partial charge in [-0.2, -0.15) is 9.59 Å². The van der Waals surface area contributed by atoms with E-state index in [9.17, 15) is 34.3 Å². The second kappa shape index (κ2) is 16.4. The number of hydrogen-bond donors (Lipinski definition) is 3. The Balaban J connectivity index is 1.91. The molecular weight excluding hydrogens is 680 g/mol. The topological polar surface area (TPSA) is 177 Å². The molecule has 0 radical (unpaired) electrons. The number of amides is 3. The van der Waals surface area contributed by atoms with E-state index in [2.05, 4.69) is 0 Å². The number of aliphatic hydroxyl groups is 1. The van der Waals surface area contributed by atoms with E-state index >= 15 is 0 Å². The summed E-state index contributed by atoms with van der Waals surface area (Å²) in [6.07, 6.45) is -0.848. The number of carboxylic acid groups (broad SMARTS) is 1. The summed E-state index contributed by atoms with van der Waals surface area (Å²) in [5.41, 5.74) is 5.96. The summed E-state index contributed by atoms with van der Waals surface area (Å²) in [5.74, 6) is -2.12. The van der Waals surface area contributed by atoms with E-state index in [0.29, 0.717) is 36.8 Å². The Morgan fingerprint density at radius 2 is 1.60 bits per heavy atom. The van der Waals surface area contributed by atoms with Gasteiger partial charge in [-0.25, -0.2) is 4.79 Å². The van der Waals surface area contributed by atoms with Crippen molar-refractivity contribution >= 4 is 24.1 Å². The minimum atomic E-state index is -1.83. The van der Waals surface area contributed by atoms with Gasteiger partial charge in [-0.3, -0.25) is 4.79 Å². The van der Waals surface area contributed by atoms with Crippen molar-refractivity contribution in [2.24, 2.45) is 5.73 Å². The fourth-order valence-electron chi connectivity index (χ4n) is 7.96. The number of benzene rings is 2. The molecule has 2 aliphatic heterocycles. The van der Waals surface area contributed by atoms with E-state index < -0.39 is 63.4 Å². The summed E-state index contributed by atoms with van der Waals surface area (Å²) < 4.78 is 11.3. The number of nitrogens with two attached hydrogens (primary N) is 1. The van der Waals surface area contributed by atoms with Gasteiger partial charge in [0, 0.05) is 67.9 Å². The van der Waals surface area contributed by atoms with Crippen LogP contribution in [0.15, 0.2) is 48.5 Å². The van der Waals surface area contributed by atoms with Crippen LogP contribution in [0.3, 0.4) is 0 Å². The summed E-state index contributed by atoms with van der Waals surface area (Å²) in [5, 5.41) is 21.3. The molecule has 1 fully saturated rings.